The molecule has 0 saturated carbocycles. The lowest BCUT2D eigenvalue weighted by Crippen LogP contribution is -2.44. The molecule has 2 aromatic carbocycles. The van der Waals surface area contributed by atoms with Crippen LogP contribution < -0.4 is 10.2 Å². The first kappa shape index (κ1) is 21.0. The van der Waals surface area contributed by atoms with E-state index in [4.69, 9.17) is 0 Å². The van der Waals surface area contributed by atoms with Crippen molar-refractivity contribution in [1.29, 1.82) is 0 Å². The number of halogens is 1. The van der Waals surface area contributed by atoms with E-state index in [1.54, 1.807) is 21.9 Å². The van der Waals surface area contributed by atoms with Crippen LogP contribution in [0.3, 0.4) is 0 Å². The van der Waals surface area contributed by atoms with Gasteiger partial charge in [0.15, 0.2) is 0 Å². The van der Waals surface area contributed by atoms with Crippen LogP contribution in [-0.2, 0) is 14.4 Å². The van der Waals surface area contributed by atoms with Crippen LogP contribution in [0.1, 0.15) is 24.8 Å². The Bertz CT molecular complexity index is 984. The van der Waals surface area contributed by atoms with E-state index in [1.165, 1.54) is 12.1 Å². The van der Waals surface area contributed by atoms with Crippen molar-refractivity contribution in [1.82, 2.24) is 4.90 Å². The molecule has 1 unspecified atom stereocenters. The summed E-state index contributed by atoms with van der Waals surface area (Å²) in [5.41, 5.74) is 2.37. The maximum Gasteiger partial charge on any atom is 0.228 e. The zero-order chi connectivity index (χ0) is 22.0. The Morgan fingerprint density at radius 2 is 1.74 bits per heavy atom. The van der Waals surface area contributed by atoms with E-state index in [1.807, 2.05) is 31.2 Å². The van der Waals surface area contributed by atoms with Crippen LogP contribution in [0.4, 0.5) is 15.8 Å². The molecule has 0 spiro atoms. The summed E-state index contributed by atoms with van der Waals surface area (Å²) in [5, 5.41) is 2.75. The summed E-state index contributed by atoms with van der Waals surface area (Å²) in [6.07, 6.45) is 1.32. The summed E-state index contributed by atoms with van der Waals surface area (Å²) in [4.78, 5) is 41.4. The van der Waals surface area contributed by atoms with Crippen molar-refractivity contribution in [3.05, 3.63) is 59.9 Å². The Morgan fingerprint density at radius 3 is 2.42 bits per heavy atom. The number of piperidine rings is 1. The molecule has 6 nitrogen and oxygen atoms in total. The fourth-order valence-electron chi connectivity index (χ4n) is 4.28. The Hall–Kier alpha value is -3.22. The summed E-state index contributed by atoms with van der Waals surface area (Å²) < 4.78 is 13.3. The molecule has 1 N–H and O–H groups in total. The summed E-state index contributed by atoms with van der Waals surface area (Å²) in [7, 11) is 0. The predicted octanol–water partition coefficient (Wildman–Crippen LogP) is 3.36. The molecule has 2 fully saturated rings. The Balaban J connectivity index is 1.30. The highest BCUT2D eigenvalue weighted by Gasteiger charge is 2.38. The molecule has 2 aromatic rings. The predicted molar refractivity (Wildman–Crippen MR) is 116 cm³/mol. The molecular formula is C24H26FN3O3. The molecule has 2 heterocycles. The second-order valence-corrected chi connectivity index (χ2v) is 8.34. The van der Waals surface area contributed by atoms with E-state index in [0.29, 0.717) is 38.2 Å². The average molecular weight is 423 g/mol. The third-order valence-corrected chi connectivity index (χ3v) is 6.09. The van der Waals surface area contributed by atoms with Crippen molar-refractivity contribution in [2.75, 3.05) is 29.9 Å². The van der Waals surface area contributed by atoms with Gasteiger partial charge in [-0.2, -0.15) is 0 Å². The van der Waals surface area contributed by atoms with Crippen LogP contribution in [0.5, 0.6) is 0 Å². The largest absolute Gasteiger partial charge is 0.342 e. The topological polar surface area (TPSA) is 69.7 Å². The van der Waals surface area contributed by atoms with Crippen LogP contribution in [0.15, 0.2) is 48.5 Å². The van der Waals surface area contributed by atoms with Crippen LogP contribution >= 0.6 is 0 Å². The minimum Gasteiger partial charge on any atom is -0.342 e. The van der Waals surface area contributed by atoms with Gasteiger partial charge in [0, 0.05) is 43.3 Å². The number of amides is 3. The van der Waals surface area contributed by atoms with Gasteiger partial charge in [0.1, 0.15) is 5.82 Å². The van der Waals surface area contributed by atoms with Gasteiger partial charge < -0.3 is 15.1 Å². The van der Waals surface area contributed by atoms with Crippen molar-refractivity contribution < 1.29 is 18.8 Å². The Kier molecular flexibility index (Phi) is 6.02. The van der Waals surface area contributed by atoms with E-state index < -0.39 is 5.82 Å². The number of carbonyl (C=O) groups excluding carboxylic acids is 3. The molecule has 1 atom stereocenters. The van der Waals surface area contributed by atoms with E-state index in [0.717, 1.165) is 11.3 Å². The molecule has 0 bridgehead atoms. The average Bonchev–Trinajstić information content (AvgIpc) is 3.15. The van der Waals surface area contributed by atoms with Crippen molar-refractivity contribution in [2.24, 2.45) is 11.8 Å². The number of nitrogens with zero attached hydrogens (tertiary/aromatic N) is 2. The number of carbonyl (C=O) groups is 3. The Morgan fingerprint density at radius 1 is 1.03 bits per heavy atom. The molecule has 2 saturated heterocycles. The van der Waals surface area contributed by atoms with Crippen LogP contribution in [-0.4, -0.2) is 42.3 Å². The van der Waals surface area contributed by atoms with Crippen molar-refractivity contribution in [3.63, 3.8) is 0 Å². The van der Waals surface area contributed by atoms with E-state index in [9.17, 15) is 18.8 Å². The van der Waals surface area contributed by atoms with E-state index in [-0.39, 0.29) is 36.0 Å². The molecule has 0 aromatic heterocycles. The molecule has 2 aliphatic rings. The number of aryl methyl sites for hydroxylation is 1. The van der Waals surface area contributed by atoms with Gasteiger partial charge in [-0.15, -0.1) is 0 Å². The summed E-state index contributed by atoms with van der Waals surface area (Å²) in [6.45, 7) is 3.34. The number of nitrogens with one attached hydrogen (secondary N) is 1. The van der Waals surface area contributed by atoms with Crippen molar-refractivity contribution in [3.8, 4) is 0 Å². The SMILES string of the molecule is Cc1ccc(N2CC(C(=O)N3CCC(C(=O)Nc4cccc(F)c4)CC3)CC2=O)cc1. The molecule has 162 valence electrons. The third kappa shape index (κ3) is 4.76. The van der Waals surface area contributed by atoms with Gasteiger partial charge in [0.2, 0.25) is 17.7 Å². The maximum atomic E-state index is 13.3. The van der Waals surface area contributed by atoms with Gasteiger partial charge in [-0.05, 0) is 50.1 Å². The van der Waals surface area contributed by atoms with Crippen LogP contribution in [0, 0.1) is 24.6 Å². The van der Waals surface area contributed by atoms with Crippen molar-refractivity contribution >= 4 is 29.1 Å². The minimum absolute atomic E-state index is 0.0213. The quantitative estimate of drug-likeness (QED) is 0.820. The number of likely N-dealkylation sites (tertiary alicyclic amines) is 1. The number of hydrogen-bond acceptors (Lipinski definition) is 3. The summed E-state index contributed by atoms with van der Waals surface area (Å²) in [5.74, 6) is -1.19. The van der Waals surface area contributed by atoms with Gasteiger partial charge in [-0.1, -0.05) is 23.8 Å². The molecule has 0 aliphatic carbocycles. The van der Waals surface area contributed by atoms with Gasteiger partial charge >= 0.3 is 0 Å². The summed E-state index contributed by atoms with van der Waals surface area (Å²) in [6, 6.07) is 13.5. The molecule has 31 heavy (non-hydrogen) atoms. The molecule has 0 radical (unpaired) electrons. The Labute approximate surface area is 181 Å². The zero-order valence-electron chi connectivity index (χ0n) is 17.5. The zero-order valence-corrected chi connectivity index (χ0v) is 17.5. The smallest absolute Gasteiger partial charge is 0.228 e. The molecular weight excluding hydrogens is 397 g/mol. The van der Waals surface area contributed by atoms with Gasteiger partial charge in [-0.25, -0.2) is 4.39 Å². The lowest BCUT2D eigenvalue weighted by molar-refractivity contribution is -0.138. The molecule has 3 amide bonds. The van der Waals surface area contributed by atoms with Crippen LogP contribution in [0.2, 0.25) is 0 Å². The number of benzene rings is 2. The molecule has 7 heteroatoms. The number of anilines is 2. The summed E-state index contributed by atoms with van der Waals surface area (Å²) >= 11 is 0. The maximum absolute atomic E-state index is 13.3. The normalized spacial score (nSPS) is 19.5. The standard InChI is InChI=1S/C24H26FN3O3/c1-16-5-7-21(8-6-16)28-15-18(13-22(28)29)24(31)27-11-9-17(10-12-27)23(30)26-20-4-2-3-19(25)14-20/h2-8,14,17-18H,9-13,15H2,1H3,(H,26,30). The van der Waals surface area contributed by atoms with Crippen LogP contribution in [0.25, 0.3) is 0 Å². The fraction of sp³-hybridized carbons (Fsp3) is 0.375. The molecule has 4 rings (SSSR count). The highest BCUT2D eigenvalue weighted by Crippen LogP contribution is 2.28. The third-order valence-electron chi connectivity index (χ3n) is 6.09. The molecule has 2 aliphatic heterocycles. The lowest BCUT2D eigenvalue weighted by atomic mass is 9.94. The van der Waals surface area contributed by atoms with E-state index >= 15 is 0 Å². The first-order valence-electron chi connectivity index (χ1n) is 10.6. The van der Waals surface area contributed by atoms with Gasteiger partial charge in [0.05, 0.1) is 5.92 Å². The fourth-order valence-corrected chi connectivity index (χ4v) is 4.28. The van der Waals surface area contributed by atoms with Gasteiger partial charge in [-0.3, -0.25) is 14.4 Å². The van der Waals surface area contributed by atoms with E-state index in [2.05, 4.69) is 5.32 Å². The minimum atomic E-state index is -0.399. The second-order valence-electron chi connectivity index (χ2n) is 8.34. The lowest BCUT2D eigenvalue weighted by Gasteiger charge is -2.33. The monoisotopic (exact) mass is 423 g/mol. The van der Waals surface area contributed by atoms with Crippen molar-refractivity contribution in [2.45, 2.75) is 26.2 Å². The highest BCUT2D eigenvalue weighted by molar-refractivity contribution is 6.00. The van der Waals surface area contributed by atoms with Gasteiger partial charge in [0.25, 0.3) is 0 Å². The first-order chi connectivity index (χ1) is 14.9. The first-order valence-corrected chi connectivity index (χ1v) is 10.6. The second kappa shape index (κ2) is 8.88. The number of hydrogen-bond donors (Lipinski definition) is 1. The number of rotatable bonds is 4. The highest BCUT2D eigenvalue weighted by atomic mass is 19.1.